The third-order valence-corrected chi connectivity index (χ3v) is 4.33. The van der Waals surface area contributed by atoms with Gasteiger partial charge in [-0.25, -0.2) is 9.78 Å². The number of hydrogen-bond donors (Lipinski definition) is 1. The van der Waals surface area contributed by atoms with Crippen LogP contribution in [0.1, 0.15) is 13.3 Å². The molecule has 0 aliphatic rings. The van der Waals surface area contributed by atoms with Gasteiger partial charge in [0.05, 0.1) is 6.61 Å². The monoisotopic (exact) mass is 384 g/mol. The first-order valence-electron chi connectivity index (χ1n) is 9.17. The van der Waals surface area contributed by atoms with Crippen molar-refractivity contribution in [2.75, 3.05) is 20.3 Å². The number of nitrogens with one attached hydrogen (secondary N) is 1. The van der Waals surface area contributed by atoms with E-state index >= 15 is 0 Å². The molecular weight excluding hydrogens is 360 g/mol. The zero-order valence-corrected chi connectivity index (χ0v) is 16.1. The van der Waals surface area contributed by atoms with E-state index in [-0.39, 0.29) is 0 Å². The average molecular weight is 384 g/mol. The van der Waals surface area contributed by atoms with Gasteiger partial charge in [0.15, 0.2) is 11.2 Å². The van der Waals surface area contributed by atoms with Crippen LogP contribution in [0.3, 0.4) is 0 Å². The van der Waals surface area contributed by atoms with E-state index in [2.05, 4.69) is 16.5 Å². The number of aromatic amines is 1. The number of imidazole rings is 1. The summed E-state index contributed by atoms with van der Waals surface area (Å²) in [4.78, 5) is 31.9. The van der Waals surface area contributed by atoms with Crippen molar-refractivity contribution >= 4 is 11.2 Å². The fourth-order valence-corrected chi connectivity index (χ4v) is 3.08. The largest absolute Gasteiger partial charge is 0.490 e. The Balaban J connectivity index is 2.19. The summed E-state index contributed by atoms with van der Waals surface area (Å²) in [6.07, 6.45) is 2.42. The Hall–Kier alpha value is -3.13. The van der Waals surface area contributed by atoms with Gasteiger partial charge in [-0.1, -0.05) is 19.6 Å². The quantitative estimate of drug-likeness (QED) is 0.571. The molecule has 0 bridgehead atoms. The third kappa shape index (κ3) is 3.77. The number of ether oxygens (including phenoxy) is 2. The average Bonchev–Trinajstić information content (AvgIpc) is 3.08. The topological polar surface area (TPSA) is 91.1 Å². The lowest BCUT2D eigenvalue weighted by atomic mass is 10.2. The number of fused-ring (bicyclic) bond motifs is 1. The minimum atomic E-state index is -0.451. The molecule has 3 rings (SSSR count). The maximum absolute atomic E-state index is 12.6. The van der Waals surface area contributed by atoms with Crippen LogP contribution in [0.5, 0.6) is 5.75 Å². The molecule has 148 valence electrons. The maximum Gasteiger partial charge on any atom is 0.330 e. The van der Waals surface area contributed by atoms with E-state index in [1.165, 1.54) is 4.57 Å². The number of methoxy groups -OCH3 is 1. The molecule has 8 nitrogen and oxygen atoms in total. The first kappa shape index (κ1) is 19.6. The molecule has 0 unspecified atom stereocenters. The maximum atomic E-state index is 12.6. The van der Waals surface area contributed by atoms with E-state index in [0.29, 0.717) is 49.0 Å². The highest BCUT2D eigenvalue weighted by atomic mass is 16.5. The zero-order valence-electron chi connectivity index (χ0n) is 16.1. The van der Waals surface area contributed by atoms with E-state index in [1.807, 2.05) is 31.2 Å². The molecule has 1 aromatic carbocycles. The summed E-state index contributed by atoms with van der Waals surface area (Å²) < 4.78 is 14.0. The highest BCUT2D eigenvalue weighted by Gasteiger charge is 2.19. The highest BCUT2D eigenvalue weighted by molar-refractivity contribution is 5.77. The molecule has 0 fully saturated rings. The predicted molar refractivity (Wildman–Crippen MR) is 108 cm³/mol. The fourth-order valence-electron chi connectivity index (χ4n) is 3.08. The molecule has 0 atom stereocenters. The molecule has 0 radical (unpaired) electrons. The van der Waals surface area contributed by atoms with Crippen molar-refractivity contribution in [1.29, 1.82) is 0 Å². The summed E-state index contributed by atoms with van der Waals surface area (Å²) in [7, 11) is 1.60. The van der Waals surface area contributed by atoms with E-state index in [0.717, 1.165) is 12.0 Å². The molecule has 2 aromatic heterocycles. The molecule has 0 saturated heterocycles. The summed E-state index contributed by atoms with van der Waals surface area (Å²) in [5.41, 5.74) is 0.664. The lowest BCUT2D eigenvalue weighted by Crippen LogP contribution is -2.31. The van der Waals surface area contributed by atoms with E-state index in [4.69, 9.17) is 9.47 Å². The Morgan fingerprint density at radius 2 is 1.93 bits per heavy atom. The molecule has 0 amide bonds. The van der Waals surface area contributed by atoms with Crippen molar-refractivity contribution < 1.29 is 9.47 Å². The van der Waals surface area contributed by atoms with Crippen LogP contribution in [0.4, 0.5) is 0 Å². The van der Waals surface area contributed by atoms with Gasteiger partial charge < -0.3 is 14.0 Å². The zero-order chi connectivity index (χ0) is 20.1. The molecular formula is C20H24N4O4. The minimum Gasteiger partial charge on any atom is -0.490 e. The number of nitrogens with zero attached hydrogens (tertiary/aromatic N) is 3. The van der Waals surface area contributed by atoms with Gasteiger partial charge in [0.2, 0.25) is 0 Å². The van der Waals surface area contributed by atoms with Crippen molar-refractivity contribution in [2.45, 2.75) is 26.4 Å². The lowest BCUT2D eigenvalue weighted by Gasteiger charge is -2.09. The Morgan fingerprint density at radius 1 is 1.18 bits per heavy atom. The molecule has 0 aliphatic heterocycles. The van der Waals surface area contributed by atoms with Crippen molar-refractivity contribution in [1.82, 2.24) is 19.1 Å². The van der Waals surface area contributed by atoms with E-state index < -0.39 is 11.2 Å². The van der Waals surface area contributed by atoms with Crippen molar-refractivity contribution in [3.63, 3.8) is 0 Å². The lowest BCUT2D eigenvalue weighted by molar-refractivity contribution is 0.188. The summed E-state index contributed by atoms with van der Waals surface area (Å²) in [6, 6.07) is 7.42. The number of benzene rings is 1. The molecule has 3 aromatic rings. The smallest absolute Gasteiger partial charge is 0.330 e. The Morgan fingerprint density at radius 3 is 2.57 bits per heavy atom. The van der Waals surface area contributed by atoms with Crippen LogP contribution < -0.4 is 16.0 Å². The van der Waals surface area contributed by atoms with E-state index in [9.17, 15) is 9.59 Å². The van der Waals surface area contributed by atoms with Crippen LogP contribution >= 0.6 is 0 Å². The molecule has 2 heterocycles. The number of aromatic nitrogens is 4. The third-order valence-electron chi connectivity index (χ3n) is 4.33. The second-order valence-corrected chi connectivity index (χ2v) is 6.29. The highest BCUT2D eigenvalue weighted by Crippen LogP contribution is 2.25. The van der Waals surface area contributed by atoms with Gasteiger partial charge in [-0.3, -0.25) is 14.3 Å². The van der Waals surface area contributed by atoms with Gasteiger partial charge >= 0.3 is 5.69 Å². The molecule has 8 heteroatoms. The van der Waals surface area contributed by atoms with Gasteiger partial charge in [-0.15, -0.1) is 0 Å². The van der Waals surface area contributed by atoms with Crippen LogP contribution in [0.2, 0.25) is 0 Å². The first-order valence-corrected chi connectivity index (χ1v) is 9.17. The normalized spacial score (nSPS) is 11.1. The summed E-state index contributed by atoms with van der Waals surface area (Å²) >= 11 is 0. The van der Waals surface area contributed by atoms with Gasteiger partial charge in [0, 0.05) is 25.8 Å². The molecule has 0 aliphatic carbocycles. The van der Waals surface area contributed by atoms with Crippen LogP contribution in [0, 0.1) is 0 Å². The number of aryl methyl sites for hydroxylation is 1. The molecule has 1 N–H and O–H groups in total. The van der Waals surface area contributed by atoms with Gasteiger partial charge in [-0.05, 0) is 30.7 Å². The van der Waals surface area contributed by atoms with Crippen LogP contribution in [0.15, 0.2) is 46.5 Å². The second kappa shape index (κ2) is 8.71. The predicted octanol–water partition coefficient (Wildman–Crippen LogP) is 2.17. The Kier molecular flexibility index (Phi) is 6.10. The van der Waals surface area contributed by atoms with Gasteiger partial charge in [0.25, 0.3) is 5.56 Å². The van der Waals surface area contributed by atoms with Crippen molar-refractivity contribution in [3.05, 3.63) is 57.8 Å². The molecule has 0 spiro atoms. The van der Waals surface area contributed by atoms with Gasteiger partial charge in [-0.2, -0.15) is 0 Å². The Bertz CT molecular complexity index is 1080. The minimum absolute atomic E-state index is 0.368. The van der Waals surface area contributed by atoms with Crippen LogP contribution in [-0.4, -0.2) is 39.4 Å². The van der Waals surface area contributed by atoms with E-state index in [1.54, 1.807) is 17.8 Å². The number of rotatable bonds is 9. The summed E-state index contributed by atoms with van der Waals surface area (Å²) in [5.74, 6) is 1.31. The SMILES string of the molecule is C=CCOc1ccc(-c2nc3c(c(=O)[nH]c(=O)n3CCC)n2CCOC)cc1. The number of H-pyrrole nitrogens is 1. The summed E-state index contributed by atoms with van der Waals surface area (Å²) in [5, 5.41) is 0. The first-order chi connectivity index (χ1) is 13.6. The number of hydrogen-bond acceptors (Lipinski definition) is 5. The standard InChI is InChI=1S/C20H24N4O4/c1-4-10-24-18-16(19(25)22-20(24)26)23(11-13-27-3)17(21-18)14-6-8-15(9-7-14)28-12-5-2/h5-9H,2,4,10-13H2,1,3H3,(H,22,25,26). The van der Waals surface area contributed by atoms with Gasteiger partial charge in [0.1, 0.15) is 18.2 Å². The van der Waals surface area contributed by atoms with Crippen LogP contribution in [-0.2, 0) is 17.8 Å². The van der Waals surface area contributed by atoms with Crippen molar-refractivity contribution in [3.8, 4) is 17.1 Å². The molecule has 0 saturated carbocycles. The van der Waals surface area contributed by atoms with Crippen molar-refractivity contribution in [2.24, 2.45) is 0 Å². The Labute approximate surface area is 162 Å². The van der Waals surface area contributed by atoms with Crippen LogP contribution in [0.25, 0.3) is 22.6 Å². The molecule has 28 heavy (non-hydrogen) atoms. The fraction of sp³-hybridized carbons (Fsp3) is 0.350. The summed E-state index contributed by atoms with van der Waals surface area (Å²) in [6.45, 7) is 7.34. The second-order valence-electron chi connectivity index (χ2n) is 6.29.